The van der Waals surface area contributed by atoms with Gasteiger partial charge in [0.1, 0.15) is 5.82 Å². The number of benzene rings is 1. The van der Waals surface area contributed by atoms with Crippen molar-refractivity contribution in [1.82, 2.24) is 9.78 Å². The van der Waals surface area contributed by atoms with E-state index >= 15 is 0 Å². The standard InChI is InChI=1S/C12H14BrN3/c1-8-3-4-9(2)10(5-8)7-16-12(14)11(13)6-15-16/h3-6H,7,14H2,1-2H3. The lowest BCUT2D eigenvalue weighted by molar-refractivity contribution is 0.693. The van der Waals surface area contributed by atoms with E-state index in [-0.39, 0.29) is 0 Å². The topological polar surface area (TPSA) is 43.8 Å². The zero-order chi connectivity index (χ0) is 11.7. The van der Waals surface area contributed by atoms with Crippen LogP contribution in [-0.2, 0) is 6.54 Å². The van der Waals surface area contributed by atoms with Crippen molar-refractivity contribution in [2.24, 2.45) is 0 Å². The van der Waals surface area contributed by atoms with Crippen molar-refractivity contribution in [3.8, 4) is 0 Å². The smallest absolute Gasteiger partial charge is 0.136 e. The molecule has 0 spiro atoms. The second kappa shape index (κ2) is 4.29. The summed E-state index contributed by atoms with van der Waals surface area (Å²) in [6.07, 6.45) is 1.72. The van der Waals surface area contributed by atoms with Crippen molar-refractivity contribution in [2.75, 3.05) is 5.73 Å². The van der Waals surface area contributed by atoms with Gasteiger partial charge in [-0.25, -0.2) is 4.68 Å². The first-order valence-electron chi connectivity index (χ1n) is 5.11. The number of nitrogen functional groups attached to an aromatic ring is 1. The van der Waals surface area contributed by atoms with E-state index in [1.807, 2.05) is 0 Å². The molecule has 1 aromatic heterocycles. The van der Waals surface area contributed by atoms with Crippen molar-refractivity contribution in [3.05, 3.63) is 45.6 Å². The van der Waals surface area contributed by atoms with E-state index in [1.165, 1.54) is 16.7 Å². The zero-order valence-corrected chi connectivity index (χ0v) is 11.0. The molecule has 2 rings (SSSR count). The molecular formula is C12H14BrN3. The van der Waals surface area contributed by atoms with E-state index in [2.05, 4.69) is 53.1 Å². The fourth-order valence-electron chi connectivity index (χ4n) is 1.63. The third-order valence-corrected chi connectivity index (χ3v) is 3.27. The molecule has 0 saturated heterocycles. The molecule has 1 aromatic carbocycles. The molecule has 0 amide bonds. The molecule has 2 aromatic rings. The van der Waals surface area contributed by atoms with Gasteiger partial charge < -0.3 is 5.73 Å². The van der Waals surface area contributed by atoms with Gasteiger partial charge >= 0.3 is 0 Å². The average molecular weight is 280 g/mol. The third kappa shape index (κ3) is 2.11. The lowest BCUT2D eigenvalue weighted by atomic mass is 10.1. The number of nitrogens with two attached hydrogens (primary N) is 1. The Hall–Kier alpha value is -1.29. The van der Waals surface area contributed by atoms with Gasteiger partial charge in [-0.1, -0.05) is 23.8 Å². The summed E-state index contributed by atoms with van der Waals surface area (Å²) in [6, 6.07) is 6.41. The van der Waals surface area contributed by atoms with Crippen LogP contribution in [0.25, 0.3) is 0 Å². The summed E-state index contributed by atoms with van der Waals surface area (Å²) < 4.78 is 2.64. The van der Waals surface area contributed by atoms with E-state index in [1.54, 1.807) is 10.9 Å². The minimum absolute atomic E-state index is 0.668. The number of halogens is 1. The van der Waals surface area contributed by atoms with Gasteiger partial charge in [0.05, 0.1) is 17.2 Å². The maximum atomic E-state index is 5.89. The first-order chi connectivity index (χ1) is 7.58. The van der Waals surface area contributed by atoms with E-state index in [0.29, 0.717) is 12.4 Å². The highest BCUT2D eigenvalue weighted by molar-refractivity contribution is 9.10. The predicted octanol–water partition coefficient (Wildman–Crippen LogP) is 2.89. The third-order valence-electron chi connectivity index (χ3n) is 2.66. The van der Waals surface area contributed by atoms with Crippen LogP contribution in [0.15, 0.2) is 28.9 Å². The van der Waals surface area contributed by atoms with Crippen molar-refractivity contribution in [2.45, 2.75) is 20.4 Å². The average Bonchev–Trinajstić information content (AvgIpc) is 2.55. The molecule has 0 unspecified atom stereocenters. The maximum absolute atomic E-state index is 5.89. The first kappa shape index (κ1) is 11.2. The lowest BCUT2D eigenvalue weighted by Gasteiger charge is -2.08. The fraction of sp³-hybridized carbons (Fsp3) is 0.250. The van der Waals surface area contributed by atoms with Crippen LogP contribution in [0.4, 0.5) is 5.82 Å². The second-order valence-electron chi connectivity index (χ2n) is 3.97. The van der Waals surface area contributed by atoms with Gasteiger partial charge in [-0.3, -0.25) is 0 Å². The number of rotatable bonds is 2. The molecule has 0 aliphatic heterocycles. The van der Waals surface area contributed by atoms with Gasteiger partial charge in [-0.05, 0) is 40.9 Å². The summed E-state index contributed by atoms with van der Waals surface area (Å²) in [4.78, 5) is 0. The molecular weight excluding hydrogens is 266 g/mol. The number of anilines is 1. The van der Waals surface area contributed by atoms with E-state index in [4.69, 9.17) is 5.73 Å². The maximum Gasteiger partial charge on any atom is 0.136 e. The Labute approximate surface area is 103 Å². The van der Waals surface area contributed by atoms with Crippen molar-refractivity contribution >= 4 is 21.7 Å². The van der Waals surface area contributed by atoms with Crippen molar-refractivity contribution < 1.29 is 0 Å². The minimum atomic E-state index is 0.668. The molecule has 3 nitrogen and oxygen atoms in total. The second-order valence-corrected chi connectivity index (χ2v) is 4.82. The zero-order valence-electron chi connectivity index (χ0n) is 9.37. The van der Waals surface area contributed by atoms with Gasteiger partial charge in [0.15, 0.2) is 0 Å². The van der Waals surface area contributed by atoms with Crippen molar-refractivity contribution in [1.29, 1.82) is 0 Å². The number of hydrogen-bond donors (Lipinski definition) is 1. The Bertz CT molecular complexity index is 517. The molecule has 2 N–H and O–H groups in total. The SMILES string of the molecule is Cc1ccc(C)c(Cn2ncc(Br)c2N)c1. The summed E-state index contributed by atoms with van der Waals surface area (Å²) in [5, 5.41) is 4.23. The van der Waals surface area contributed by atoms with Gasteiger partial charge in [0, 0.05) is 0 Å². The fourth-order valence-corrected chi connectivity index (χ4v) is 1.93. The predicted molar refractivity (Wildman–Crippen MR) is 69.4 cm³/mol. The molecule has 84 valence electrons. The number of hydrogen-bond acceptors (Lipinski definition) is 2. The van der Waals surface area contributed by atoms with E-state index in [0.717, 1.165) is 4.47 Å². The molecule has 0 saturated carbocycles. The Balaban J connectivity index is 2.33. The summed E-state index contributed by atoms with van der Waals surface area (Å²) in [7, 11) is 0. The van der Waals surface area contributed by atoms with E-state index < -0.39 is 0 Å². The summed E-state index contributed by atoms with van der Waals surface area (Å²) in [5.41, 5.74) is 9.66. The molecule has 0 aliphatic rings. The van der Waals surface area contributed by atoms with Gasteiger partial charge in [-0.2, -0.15) is 5.10 Å². The normalized spacial score (nSPS) is 10.7. The number of aryl methyl sites for hydroxylation is 2. The van der Waals surface area contributed by atoms with Crippen LogP contribution in [0.5, 0.6) is 0 Å². The molecule has 0 atom stereocenters. The lowest BCUT2D eigenvalue weighted by Crippen LogP contribution is -2.07. The summed E-state index contributed by atoms with van der Waals surface area (Å²) in [6.45, 7) is 4.90. The van der Waals surface area contributed by atoms with Gasteiger partial charge in [0.25, 0.3) is 0 Å². The first-order valence-corrected chi connectivity index (χ1v) is 5.90. The Morgan fingerprint density at radius 2 is 2.12 bits per heavy atom. The molecule has 1 heterocycles. The minimum Gasteiger partial charge on any atom is -0.383 e. The van der Waals surface area contributed by atoms with Gasteiger partial charge in [-0.15, -0.1) is 0 Å². The highest BCUT2D eigenvalue weighted by Gasteiger charge is 2.06. The van der Waals surface area contributed by atoms with Crippen LogP contribution in [0.3, 0.4) is 0 Å². The monoisotopic (exact) mass is 279 g/mol. The van der Waals surface area contributed by atoms with Crippen LogP contribution < -0.4 is 5.73 Å². The Morgan fingerprint density at radius 1 is 1.38 bits per heavy atom. The number of nitrogens with zero attached hydrogens (tertiary/aromatic N) is 2. The summed E-state index contributed by atoms with van der Waals surface area (Å²) >= 11 is 3.35. The number of aromatic nitrogens is 2. The molecule has 0 aliphatic carbocycles. The molecule has 4 heteroatoms. The Kier molecular flexibility index (Phi) is 3.01. The van der Waals surface area contributed by atoms with Crippen LogP contribution in [0.1, 0.15) is 16.7 Å². The molecule has 0 bridgehead atoms. The quantitative estimate of drug-likeness (QED) is 0.919. The van der Waals surface area contributed by atoms with Gasteiger partial charge in [0.2, 0.25) is 0 Å². The highest BCUT2D eigenvalue weighted by Crippen LogP contribution is 2.20. The highest BCUT2D eigenvalue weighted by atomic mass is 79.9. The van der Waals surface area contributed by atoms with E-state index in [9.17, 15) is 0 Å². The molecule has 0 fully saturated rings. The van der Waals surface area contributed by atoms with Crippen LogP contribution >= 0.6 is 15.9 Å². The van der Waals surface area contributed by atoms with Crippen LogP contribution in [0.2, 0.25) is 0 Å². The Morgan fingerprint density at radius 3 is 2.75 bits per heavy atom. The molecule has 16 heavy (non-hydrogen) atoms. The summed E-state index contributed by atoms with van der Waals surface area (Å²) in [5.74, 6) is 0.668. The van der Waals surface area contributed by atoms with Crippen molar-refractivity contribution in [3.63, 3.8) is 0 Å². The van der Waals surface area contributed by atoms with Crippen LogP contribution in [0, 0.1) is 13.8 Å². The molecule has 0 radical (unpaired) electrons. The largest absolute Gasteiger partial charge is 0.383 e. The van der Waals surface area contributed by atoms with Crippen LogP contribution in [-0.4, -0.2) is 9.78 Å².